The zero-order valence-corrected chi connectivity index (χ0v) is 23.7. The van der Waals surface area contributed by atoms with Crippen LogP contribution in [0, 0.1) is 41.2 Å². The van der Waals surface area contributed by atoms with Gasteiger partial charge in [-0.05, 0) is 74.1 Å². The van der Waals surface area contributed by atoms with Gasteiger partial charge < -0.3 is 10.2 Å². The van der Waals surface area contributed by atoms with Crippen LogP contribution in [0.2, 0.25) is 0 Å². The highest BCUT2D eigenvalue weighted by atomic mass is 19.3. The summed E-state index contributed by atoms with van der Waals surface area (Å²) in [5, 5.41) is 3.34. The van der Waals surface area contributed by atoms with Crippen LogP contribution in [0.15, 0.2) is 41.3 Å². The van der Waals surface area contributed by atoms with E-state index in [-0.39, 0.29) is 35.4 Å². The minimum absolute atomic E-state index is 0.0696. The Bertz CT molecular complexity index is 1640. The number of hydrogen-bond acceptors (Lipinski definition) is 4. The molecule has 2 bridgehead atoms. The Morgan fingerprint density at radius 3 is 2.55 bits per heavy atom. The highest BCUT2D eigenvalue weighted by Gasteiger charge is 2.71. The maximum atomic E-state index is 15.1. The molecule has 3 aromatic rings. The summed E-state index contributed by atoms with van der Waals surface area (Å²) in [6.45, 7) is 4.63. The lowest BCUT2D eigenvalue weighted by molar-refractivity contribution is 0.0429. The van der Waals surface area contributed by atoms with Gasteiger partial charge in [0.25, 0.3) is 11.8 Å². The molecule has 0 spiro atoms. The largest absolute Gasteiger partial charge is 0.356 e. The number of benzene rings is 1. The van der Waals surface area contributed by atoms with Gasteiger partial charge in [0.2, 0.25) is 5.43 Å². The Kier molecular flexibility index (Phi) is 6.23. The Balaban J connectivity index is 1.30. The molecule has 2 aromatic heterocycles. The van der Waals surface area contributed by atoms with Crippen molar-refractivity contribution in [2.75, 3.05) is 18.0 Å². The molecule has 42 heavy (non-hydrogen) atoms. The van der Waals surface area contributed by atoms with E-state index < -0.39 is 46.3 Å². The molecule has 1 aliphatic heterocycles. The number of alkyl halides is 2. The molecular formula is C32H34F4N4O2. The van der Waals surface area contributed by atoms with Crippen molar-refractivity contribution in [1.29, 1.82) is 0 Å². The third-order valence-electron chi connectivity index (χ3n) is 10.2. The van der Waals surface area contributed by atoms with Gasteiger partial charge in [-0.3, -0.25) is 14.2 Å². The highest BCUT2D eigenvalue weighted by molar-refractivity contribution is 5.97. The average Bonchev–Trinajstić information content (AvgIpc) is 3.23. The van der Waals surface area contributed by atoms with Gasteiger partial charge in [-0.2, -0.15) is 0 Å². The minimum atomic E-state index is -2.67. The molecule has 6 unspecified atom stereocenters. The summed E-state index contributed by atoms with van der Waals surface area (Å²) in [5.74, 6) is -4.46. The average molecular weight is 583 g/mol. The van der Waals surface area contributed by atoms with Crippen LogP contribution in [-0.4, -0.2) is 40.0 Å². The van der Waals surface area contributed by atoms with Crippen LogP contribution in [0.5, 0.6) is 0 Å². The highest BCUT2D eigenvalue weighted by Crippen LogP contribution is 2.59. The zero-order chi connectivity index (χ0) is 29.6. The number of carbonyl (C=O) groups is 1. The zero-order valence-electron chi connectivity index (χ0n) is 23.7. The fourth-order valence-corrected chi connectivity index (χ4v) is 8.35. The summed E-state index contributed by atoms with van der Waals surface area (Å²) in [6.07, 6.45) is 7.15. The van der Waals surface area contributed by atoms with Crippen molar-refractivity contribution in [2.45, 2.75) is 63.8 Å². The molecule has 6 nitrogen and oxygen atoms in total. The number of carbonyl (C=O) groups excluding carboxylic acids is 1. The number of nitrogens with zero attached hydrogens (tertiary/aromatic N) is 3. The third kappa shape index (κ3) is 4.40. The second kappa shape index (κ2) is 9.54. The number of hydrogen-bond donors (Lipinski definition) is 1. The van der Waals surface area contributed by atoms with E-state index in [1.807, 2.05) is 0 Å². The summed E-state index contributed by atoms with van der Waals surface area (Å²) in [5.41, 5.74) is -1.11. The predicted octanol–water partition coefficient (Wildman–Crippen LogP) is 6.09. The number of aromatic nitrogens is 2. The Morgan fingerprint density at radius 2 is 1.83 bits per heavy atom. The van der Waals surface area contributed by atoms with Crippen LogP contribution in [0.1, 0.15) is 62.7 Å². The van der Waals surface area contributed by atoms with Crippen molar-refractivity contribution < 1.29 is 22.4 Å². The molecule has 1 N–H and O–H groups in total. The van der Waals surface area contributed by atoms with Crippen molar-refractivity contribution in [2.24, 2.45) is 29.6 Å². The van der Waals surface area contributed by atoms with Crippen LogP contribution in [0.25, 0.3) is 16.7 Å². The number of pyridine rings is 2. The quantitative estimate of drug-likeness (QED) is 0.370. The topological polar surface area (TPSA) is 67.2 Å². The molecule has 6 atom stereocenters. The first kappa shape index (κ1) is 27.4. The summed E-state index contributed by atoms with van der Waals surface area (Å²) in [7, 11) is 0. The van der Waals surface area contributed by atoms with E-state index >= 15 is 4.39 Å². The molecule has 4 aliphatic rings. The van der Waals surface area contributed by atoms with Crippen LogP contribution in [0.3, 0.4) is 0 Å². The predicted molar refractivity (Wildman–Crippen MR) is 151 cm³/mol. The second-order valence-corrected chi connectivity index (χ2v) is 13.2. The van der Waals surface area contributed by atoms with Crippen molar-refractivity contribution in [3.63, 3.8) is 0 Å². The molecule has 222 valence electrons. The summed E-state index contributed by atoms with van der Waals surface area (Å²) < 4.78 is 57.9. The Morgan fingerprint density at radius 1 is 1.07 bits per heavy atom. The van der Waals surface area contributed by atoms with Crippen molar-refractivity contribution >= 4 is 22.8 Å². The van der Waals surface area contributed by atoms with Gasteiger partial charge >= 0.3 is 0 Å². The fourth-order valence-electron chi connectivity index (χ4n) is 8.35. The fraction of sp³-hybridized carbons (Fsp3) is 0.531. The first-order valence-electron chi connectivity index (χ1n) is 14.9. The summed E-state index contributed by atoms with van der Waals surface area (Å²) in [6, 6.07) is 6.15. The molecule has 3 saturated carbocycles. The van der Waals surface area contributed by atoms with Crippen molar-refractivity contribution in [3.05, 3.63) is 63.9 Å². The lowest BCUT2D eigenvalue weighted by atomic mass is 9.60. The van der Waals surface area contributed by atoms with Crippen LogP contribution in [-0.2, 0) is 0 Å². The Hall–Kier alpha value is -3.43. The number of amides is 1. The van der Waals surface area contributed by atoms with Gasteiger partial charge in [-0.15, -0.1) is 0 Å². The van der Waals surface area contributed by atoms with E-state index in [9.17, 15) is 22.8 Å². The lowest BCUT2D eigenvalue weighted by Gasteiger charge is -2.50. The van der Waals surface area contributed by atoms with Gasteiger partial charge in [-0.25, -0.2) is 22.5 Å². The van der Waals surface area contributed by atoms with Crippen LogP contribution < -0.4 is 15.6 Å². The van der Waals surface area contributed by atoms with E-state index in [0.717, 1.165) is 50.7 Å². The maximum Gasteiger partial charge on any atom is 0.258 e. The Labute approximate surface area is 241 Å². The van der Waals surface area contributed by atoms with E-state index in [4.69, 9.17) is 0 Å². The van der Waals surface area contributed by atoms with Gasteiger partial charge in [0.15, 0.2) is 5.65 Å². The van der Waals surface area contributed by atoms with Gasteiger partial charge in [0, 0.05) is 30.9 Å². The van der Waals surface area contributed by atoms with E-state index in [1.165, 1.54) is 22.9 Å². The number of halogens is 4. The number of nitrogens with one attached hydrogen (secondary N) is 1. The molecule has 1 saturated heterocycles. The molecule has 3 heterocycles. The lowest BCUT2D eigenvalue weighted by Crippen LogP contribution is -2.57. The molecule has 3 aliphatic carbocycles. The smallest absolute Gasteiger partial charge is 0.258 e. The first-order chi connectivity index (χ1) is 20.0. The molecule has 4 fully saturated rings. The summed E-state index contributed by atoms with van der Waals surface area (Å²) in [4.78, 5) is 34.0. The molecular weight excluding hydrogens is 548 g/mol. The number of anilines is 1. The first-order valence-corrected chi connectivity index (χ1v) is 14.9. The van der Waals surface area contributed by atoms with Crippen LogP contribution >= 0.6 is 0 Å². The molecule has 1 amide bonds. The van der Waals surface area contributed by atoms with Crippen molar-refractivity contribution in [3.8, 4) is 5.69 Å². The number of fused-ring (bicyclic) bond motifs is 4. The van der Waals surface area contributed by atoms with Crippen LogP contribution in [0.4, 0.5) is 23.4 Å². The number of piperidine rings is 1. The van der Waals surface area contributed by atoms with E-state index in [1.54, 1.807) is 11.0 Å². The van der Waals surface area contributed by atoms with Gasteiger partial charge in [-0.1, -0.05) is 20.3 Å². The van der Waals surface area contributed by atoms with E-state index in [0.29, 0.717) is 23.6 Å². The minimum Gasteiger partial charge on any atom is -0.356 e. The standard InChI is InChI=1S/C32H34F4N4O2/c1-3-18-9-19-8-17(2)11-31(12-18,13-19)38-30(42)22-14-40(26-6-4-20(33)10-25(26)34)29-21(28(22)41)5-7-27(37-29)39-15-23-24(16-39)32(23,35)36/h4-7,10,14,17-19,23-24H,3,8-9,11-13,15-16H2,1-2H3,(H,38,42). The second-order valence-electron chi connectivity index (χ2n) is 13.2. The molecule has 7 rings (SSSR count). The number of rotatable bonds is 5. The van der Waals surface area contributed by atoms with Gasteiger partial charge in [0.1, 0.15) is 23.0 Å². The SMILES string of the molecule is CCC1CC2CC(C)CC(NC(=O)c3cn(-c4ccc(F)cc4F)c4nc(N5CC6C(C5)C6(F)F)ccc4c3=O)(C1)C2. The maximum absolute atomic E-state index is 15.1. The monoisotopic (exact) mass is 582 g/mol. The molecule has 0 radical (unpaired) electrons. The molecule has 1 aromatic carbocycles. The van der Waals surface area contributed by atoms with Crippen molar-refractivity contribution in [1.82, 2.24) is 14.9 Å². The van der Waals surface area contributed by atoms with E-state index in [2.05, 4.69) is 24.1 Å². The summed E-state index contributed by atoms with van der Waals surface area (Å²) >= 11 is 0. The van der Waals surface area contributed by atoms with Gasteiger partial charge in [0.05, 0.1) is 22.9 Å². The molecule has 10 heteroatoms. The normalized spacial score (nSPS) is 31.2. The third-order valence-corrected chi connectivity index (χ3v) is 10.2.